The van der Waals surface area contributed by atoms with Crippen LogP contribution < -0.4 is 0 Å². The average Bonchev–Trinajstić information content (AvgIpc) is 3.21. The van der Waals surface area contributed by atoms with Crippen LogP contribution >= 0.6 is 0 Å². The van der Waals surface area contributed by atoms with E-state index in [1.807, 2.05) is 11.0 Å². The topological polar surface area (TPSA) is 55.6 Å². The Kier molecular flexibility index (Phi) is 3.81. The molecule has 1 saturated heterocycles. The Morgan fingerprint density at radius 2 is 2.26 bits per heavy atom. The minimum absolute atomic E-state index is 0.241. The molecule has 2 fully saturated rings. The van der Waals surface area contributed by atoms with Crippen molar-refractivity contribution in [2.45, 2.75) is 31.6 Å². The summed E-state index contributed by atoms with van der Waals surface area (Å²) in [5.74, 6) is 2.05. The molecule has 2 aromatic rings. The highest BCUT2D eigenvalue weighted by molar-refractivity contribution is 5.79. The van der Waals surface area contributed by atoms with Gasteiger partial charge in [-0.25, -0.2) is 4.98 Å². The molecule has 1 aromatic carbocycles. The summed E-state index contributed by atoms with van der Waals surface area (Å²) in [4.78, 5) is 18.6. The van der Waals surface area contributed by atoms with Gasteiger partial charge in [-0.05, 0) is 42.9 Å². The van der Waals surface area contributed by atoms with E-state index in [1.165, 1.54) is 18.4 Å². The highest BCUT2D eigenvalue weighted by Gasteiger charge is 2.30. The lowest BCUT2D eigenvalue weighted by Crippen LogP contribution is -2.28. The van der Waals surface area contributed by atoms with Crippen molar-refractivity contribution in [3.05, 3.63) is 29.7 Å². The summed E-state index contributed by atoms with van der Waals surface area (Å²) in [6.45, 7) is 2.12. The number of likely N-dealkylation sites (tertiary alicyclic amines) is 1. The van der Waals surface area contributed by atoms with E-state index >= 15 is 0 Å². The van der Waals surface area contributed by atoms with Crippen LogP contribution in [0.25, 0.3) is 11.1 Å². The van der Waals surface area contributed by atoms with Gasteiger partial charge in [-0.2, -0.15) is 0 Å². The highest BCUT2D eigenvalue weighted by Crippen LogP contribution is 2.40. The first-order valence-electron chi connectivity index (χ1n) is 8.39. The van der Waals surface area contributed by atoms with Crippen molar-refractivity contribution in [2.24, 2.45) is 5.92 Å². The van der Waals surface area contributed by atoms with Crippen molar-refractivity contribution in [3.63, 3.8) is 0 Å². The van der Waals surface area contributed by atoms with Crippen molar-refractivity contribution in [2.75, 3.05) is 26.8 Å². The fraction of sp³-hybridized carbons (Fsp3) is 0.556. The fourth-order valence-electron chi connectivity index (χ4n) is 3.36. The van der Waals surface area contributed by atoms with E-state index in [1.54, 1.807) is 7.11 Å². The molecule has 1 aliphatic heterocycles. The first kappa shape index (κ1) is 14.7. The molecule has 5 nitrogen and oxygen atoms in total. The van der Waals surface area contributed by atoms with E-state index in [-0.39, 0.29) is 5.91 Å². The van der Waals surface area contributed by atoms with Crippen LogP contribution in [0.2, 0.25) is 0 Å². The molecule has 2 heterocycles. The first-order valence-corrected chi connectivity index (χ1v) is 8.39. The molecular formula is C18H22N2O3. The van der Waals surface area contributed by atoms with Gasteiger partial charge in [0.1, 0.15) is 5.52 Å². The van der Waals surface area contributed by atoms with Crippen LogP contribution in [0.3, 0.4) is 0 Å². The molecule has 1 aliphatic carbocycles. The normalized spacial score (nSPS) is 21.5. The van der Waals surface area contributed by atoms with Crippen molar-refractivity contribution < 1.29 is 13.9 Å². The summed E-state index contributed by atoms with van der Waals surface area (Å²) in [6.07, 6.45) is 3.94. The second-order valence-electron chi connectivity index (χ2n) is 6.74. The predicted molar refractivity (Wildman–Crippen MR) is 86.3 cm³/mol. The number of aromatic nitrogens is 1. The zero-order valence-corrected chi connectivity index (χ0v) is 13.5. The maximum absolute atomic E-state index is 12.0. The third-order valence-electron chi connectivity index (χ3n) is 4.78. The third kappa shape index (κ3) is 3.11. The number of benzene rings is 1. The first-order chi connectivity index (χ1) is 11.2. The van der Waals surface area contributed by atoms with Gasteiger partial charge in [0, 0.05) is 32.5 Å². The van der Waals surface area contributed by atoms with Gasteiger partial charge in [-0.3, -0.25) is 4.79 Å². The van der Waals surface area contributed by atoms with Crippen LogP contribution in [0.4, 0.5) is 0 Å². The second-order valence-corrected chi connectivity index (χ2v) is 6.74. The number of amides is 1. The molecule has 1 atom stereocenters. The van der Waals surface area contributed by atoms with Gasteiger partial charge in [0.25, 0.3) is 0 Å². The summed E-state index contributed by atoms with van der Waals surface area (Å²) in [5, 5.41) is 0. The molecule has 4 rings (SSSR count). The molecule has 5 heteroatoms. The van der Waals surface area contributed by atoms with Crippen molar-refractivity contribution >= 4 is 17.0 Å². The van der Waals surface area contributed by atoms with Crippen LogP contribution in [0, 0.1) is 5.92 Å². The van der Waals surface area contributed by atoms with E-state index in [0.29, 0.717) is 31.4 Å². The number of carbonyl (C=O) groups is 1. The molecule has 23 heavy (non-hydrogen) atoms. The van der Waals surface area contributed by atoms with E-state index in [2.05, 4.69) is 17.1 Å². The SMILES string of the molecule is COCCN1CC(Cc2ccc3oc(C4CC4)nc3c2)CC1=O. The Hall–Kier alpha value is -1.88. The number of hydrogen-bond acceptors (Lipinski definition) is 4. The number of rotatable bonds is 6. The zero-order chi connectivity index (χ0) is 15.8. The summed E-state index contributed by atoms with van der Waals surface area (Å²) < 4.78 is 10.9. The van der Waals surface area contributed by atoms with Crippen molar-refractivity contribution in [1.82, 2.24) is 9.88 Å². The molecule has 0 spiro atoms. The van der Waals surface area contributed by atoms with Crippen LogP contribution in [-0.2, 0) is 16.0 Å². The zero-order valence-electron chi connectivity index (χ0n) is 13.5. The predicted octanol–water partition coefficient (Wildman–Crippen LogP) is 2.74. The average molecular weight is 314 g/mol. The molecule has 0 bridgehead atoms. The van der Waals surface area contributed by atoms with Gasteiger partial charge >= 0.3 is 0 Å². The van der Waals surface area contributed by atoms with Gasteiger partial charge < -0.3 is 14.1 Å². The number of methoxy groups -OCH3 is 1. The molecule has 1 unspecified atom stereocenters. The minimum Gasteiger partial charge on any atom is -0.440 e. The Morgan fingerprint density at radius 3 is 3.04 bits per heavy atom. The lowest BCUT2D eigenvalue weighted by Gasteiger charge is -2.15. The summed E-state index contributed by atoms with van der Waals surface area (Å²) in [6, 6.07) is 6.24. The maximum atomic E-state index is 12.0. The fourth-order valence-corrected chi connectivity index (χ4v) is 3.36. The Bertz CT molecular complexity index is 720. The Labute approximate surface area is 135 Å². The molecule has 0 radical (unpaired) electrons. The molecule has 1 aromatic heterocycles. The molecule has 0 N–H and O–H groups in total. The number of carbonyl (C=O) groups excluding carboxylic acids is 1. The molecule has 122 valence electrons. The molecule has 1 saturated carbocycles. The third-order valence-corrected chi connectivity index (χ3v) is 4.78. The summed E-state index contributed by atoms with van der Waals surface area (Å²) in [5.41, 5.74) is 3.06. The van der Waals surface area contributed by atoms with Gasteiger partial charge in [0.05, 0.1) is 6.61 Å². The van der Waals surface area contributed by atoms with Crippen molar-refractivity contribution in [1.29, 1.82) is 0 Å². The van der Waals surface area contributed by atoms with Gasteiger partial charge in [-0.15, -0.1) is 0 Å². The van der Waals surface area contributed by atoms with Crippen LogP contribution in [0.5, 0.6) is 0 Å². The largest absolute Gasteiger partial charge is 0.440 e. The lowest BCUT2D eigenvalue weighted by atomic mass is 9.98. The lowest BCUT2D eigenvalue weighted by molar-refractivity contribution is -0.128. The van der Waals surface area contributed by atoms with E-state index in [4.69, 9.17) is 9.15 Å². The summed E-state index contributed by atoms with van der Waals surface area (Å²) in [7, 11) is 1.67. The Balaban J connectivity index is 1.44. The van der Waals surface area contributed by atoms with Gasteiger partial charge in [0.15, 0.2) is 11.5 Å². The van der Waals surface area contributed by atoms with Crippen LogP contribution in [0.15, 0.2) is 22.6 Å². The van der Waals surface area contributed by atoms with Crippen LogP contribution in [0.1, 0.15) is 36.6 Å². The smallest absolute Gasteiger partial charge is 0.223 e. The number of hydrogen-bond donors (Lipinski definition) is 0. The molecular weight excluding hydrogens is 292 g/mol. The quantitative estimate of drug-likeness (QED) is 0.822. The molecule has 2 aliphatic rings. The monoisotopic (exact) mass is 314 g/mol. The van der Waals surface area contributed by atoms with Gasteiger partial charge in [0.2, 0.25) is 5.91 Å². The van der Waals surface area contributed by atoms with E-state index in [9.17, 15) is 4.79 Å². The number of fused-ring (bicyclic) bond motifs is 1. The Morgan fingerprint density at radius 1 is 1.39 bits per heavy atom. The molecule has 1 amide bonds. The van der Waals surface area contributed by atoms with E-state index in [0.717, 1.165) is 30.0 Å². The van der Waals surface area contributed by atoms with E-state index < -0.39 is 0 Å². The minimum atomic E-state index is 0.241. The summed E-state index contributed by atoms with van der Waals surface area (Å²) >= 11 is 0. The maximum Gasteiger partial charge on any atom is 0.223 e. The second kappa shape index (κ2) is 5.96. The highest BCUT2D eigenvalue weighted by atomic mass is 16.5. The number of ether oxygens (including phenoxy) is 1. The number of nitrogens with zero attached hydrogens (tertiary/aromatic N) is 2. The van der Waals surface area contributed by atoms with Crippen molar-refractivity contribution in [3.8, 4) is 0 Å². The number of oxazole rings is 1. The van der Waals surface area contributed by atoms with Crippen LogP contribution in [-0.4, -0.2) is 42.6 Å². The standard InChI is InChI=1S/C18H22N2O3/c1-22-7-6-20-11-13(10-17(20)21)8-12-2-5-16-15(9-12)19-18(23-16)14-3-4-14/h2,5,9,13-14H,3-4,6-8,10-11H2,1H3. The van der Waals surface area contributed by atoms with Gasteiger partial charge in [-0.1, -0.05) is 6.07 Å².